The lowest BCUT2D eigenvalue weighted by Crippen LogP contribution is -2.40. The lowest BCUT2D eigenvalue weighted by atomic mass is 10.2. The third kappa shape index (κ3) is 2.56. The van der Waals surface area contributed by atoms with Gasteiger partial charge in [-0.3, -0.25) is 0 Å². The number of aliphatic hydroxyl groups is 1. The smallest absolute Gasteiger partial charge is 0.226 e. The SMILES string of the molecule is C[C@H](CCO)N1CCOc2c(Cl)nc(Cl)nc21. The molecule has 1 N–H and O–H groups in total. The van der Waals surface area contributed by atoms with E-state index in [1.54, 1.807) is 0 Å². The molecule has 1 aromatic rings. The average molecular weight is 278 g/mol. The molecule has 1 aliphatic heterocycles. The minimum absolute atomic E-state index is 0.0976. The summed E-state index contributed by atoms with van der Waals surface area (Å²) in [6, 6.07) is 0.143. The molecule has 0 radical (unpaired) electrons. The van der Waals surface area contributed by atoms with E-state index in [0.717, 1.165) is 0 Å². The van der Waals surface area contributed by atoms with E-state index in [1.165, 1.54) is 0 Å². The number of fused-ring (bicyclic) bond motifs is 1. The number of halogens is 2. The first-order valence-electron chi connectivity index (χ1n) is 5.37. The molecule has 2 heterocycles. The van der Waals surface area contributed by atoms with Gasteiger partial charge >= 0.3 is 0 Å². The highest BCUT2D eigenvalue weighted by atomic mass is 35.5. The minimum atomic E-state index is 0.0976. The second-order valence-electron chi connectivity index (χ2n) is 3.84. The van der Waals surface area contributed by atoms with Crippen LogP contribution >= 0.6 is 23.2 Å². The molecule has 0 fully saturated rings. The van der Waals surface area contributed by atoms with E-state index in [1.807, 2.05) is 11.8 Å². The minimum Gasteiger partial charge on any atom is -0.485 e. The molecule has 94 valence electrons. The Morgan fingerprint density at radius 1 is 1.47 bits per heavy atom. The summed E-state index contributed by atoms with van der Waals surface area (Å²) in [6.07, 6.45) is 0.651. The maximum atomic E-state index is 8.98. The number of hydrogen-bond acceptors (Lipinski definition) is 5. The van der Waals surface area contributed by atoms with Crippen molar-refractivity contribution in [2.24, 2.45) is 0 Å². The van der Waals surface area contributed by atoms with Crippen LogP contribution in [0, 0.1) is 0 Å². The van der Waals surface area contributed by atoms with Gasteiger partial charge in [-0.25, -0.2) is 4.98 Å². The standard InChI is InChI=1S/C10H13Cl2N3O2/c1-6(2-4-16)15-3-5-17-7-8(11)13-10(12)14-9(7)15/h6,16H,2-5H2,1H3/t6-/m1/s1. The average Bonchev–Trinajstić information content (AvgIpc) is 2.28. The van der Waals surface area contributed by atoms with E-state index in [-0.39, 0.29) is 23.1 Å². The van der Waals surface area contributed by atoms with Crippen LogP contribution in [0.25, 0.3) is 0 Å². The first-order chi connectivity index (χ1) is 8.13. The van der Waals surface area contributed by atoms with Crippen LogP contribution in [-0.4, -0.2) is 40.9 Å². The van der Waals surface area contributed by atoms with Crippen LogP contribution in [0.4, 0.5) is 5.82 Å². The van der Waals surface area contributed by atoms with Crippen molar-refractivity contribution in [2.75, 3.05) is 24.7 Å². The van der Waals surface area contributed by atoms with Crippen LogP contribution in [0.15, 0.2) is 0 Å². The zero-order valence-electron chi connectivity index (χ0n) is 9.36. The summed E-state index contributed by atoms with van der Waals surface area (Å²) in [4.78, 5) is 10.0. The zero-order valence-corrected chi connectivity index (χ0v) is 10.9. The molecule has 1 aliphatic rings. The fourth-order valence-electron chi connectivity index (χ4n) is 1.83. The zero-order chi connectivity index (χ0) is 12.4. The van der Waals surface area contributed by atoms with E-state index in [9.17, 15) is 0 Å². The van der Waals surface area contributed by atoms with E-state index in [2.05, 4.69) is 9.97 Å². The Balaban J connectivity index is 2.36. The quantitative estimate of drug-likeness (QED) is 0.674. The van der Waals surface area contributed by atoms with Crippen molar-refractivity contribution in [2.45, 2.75) is 19.4 Å². The summed E-state index contributed by atoms with van der Waals surface area (Å²) in [5.41, 5.74) is 0. The van der Waals surface area contributed by atoms with Gasteiger partial charge in [0.1, 0.15) is 6.61 Å². The summed E-state index contributed by atoms with van der Waals surface area (Å²) in [5, 5.41) is 9.30. The van der Waals surface area contributed by atoms with Crippen molar-refractivity contribution in [1.82, 2.24) is 9.97 Å². The van der Waals surface area contributed by atoms with Gasteiger partial charge in [-0.2, -0.15) is 4.98 Å². The normalized spacial score (nSPS) is 16.4. The summed E-state index contributed by atoms with van der Waals surface area (Å²) in [5.74, 6) is 1.06. The fraction of sp³-hybridized carbons (Fsp3) is 0.600. The van der Waals surface area contributed by atoms with E-state index in [4.69, 9.17) is 33.0 Å². The predicted octanol–water partition coefficient (Wildman–Crippen LogP) is 1.75. The first-order valence-corrected chi connectivity index (χ1v) is 6.12. The van der Waals surface area contributed by atoms with Gasteiger partial charge in [-0.15, -0.1) is 0 Å². The summed E-state index contributed by atoms with van der Waals surface area (Å²) < 4.78 is 5.45. The topological polar surface area (TPSA) is 58.5 Å². The highest BCUT2D eigenvalue weighted by Crippen LogP contribution is 2.37. The van der Waals surface area contributed by atoms with Gasteiger partial charge in [0.2, 0.25) is 5.28 Å². The Morgan fingerprint density at radius 3 is 2.94 bits per heavy atom. The van der Waals surface area contributed by atoms with Gasteiger partial charge < -0.3 is 14.7 Å². The third-order valence-electron chi connectivity index (χ3n) is 2.71. The Hall–Kier alpha value is -0.780. The fourth-order valence-corrected chi connectivity index (χ4v) is 2.26. The number of aliphatic hydroxyl groups excluding tert-OH is 1. The lowest BCUT2D eigenvalue weighted by Gasteiger charge is -2.34. The van der Waals surface area contributed by atoms with Crippen molar-refractivity contribution in [3.63, 3.8) is 0 Å². The summed E-state index contributed by atoms with van der Waals surface area (Å²) >= 11 is 11.7. The molecule has 0 saturated heterocycles. The largest absolute Gasteiger partial charge is 0.485 e. The van der Waals surface area contributed by atoms with Gasteiger partial charge in [-0.05, 0) is 24.9 Å². The van der Waals surface area contributed by atoms with Crippen LogP contribution in [0.1, 0.15) is 13.3 Å². The van der Waals surface area contributed by atoms with Crippen molar-refractivity contribution in [1.29, 1.82) is 0 Å². The molecule has 5 nitrogen and oxygen atoms in total. The second kappa shape index (κ2) is 5.25. The predicted molar refractivity (Wildman–Crippen MR) is 66.1 cm³/mol. The molecule has 0 spiro atoms. The van der Waals surface area contributed by atoms with Gasteiger partial charge in [-0.1, -0.05) is 11.6 Å². The number of ether oxygens (including phenoxy) is 1. The molecule has 2 rings (SSSR count). The molecular formula is C10H13Cl2N3O2. The molecular weight excluding hydrogens is 265 g/mol. The van der Waals surface area contributed by atoms with Gasteiger partial charge in [0.15, 0.2) is 16.7 Å². The number of rotatable bonds is 3. The van der Waals surface area contributed by atoms with Gasteiger partial charge in [0.05, 0.1) is 6.54 Å². The molecule has 0 amide bonds. The van der Waals surface area contributed by atoms with Crippen LogP contribution < -0.4 is 9.64 Å². The number of aromatic nitrogens is 2. The van der Waals surface area contributed by atoms with Crippen LogP contribution in [-0.2, 0) is 0 Å². The Bertz CT molecular complexity index is 417. The Kier molecular flexibility index (Phi) is 3.91. The molecule has 0 bridgehead atoms. The molecule has 1 atom stereocenters. The molecule has 0 aliphatic carbocycles. The van der Waals surface area contributed by atoms with Gasteiger partial charge in [0, 0.05) is 12.6 Å². The Labute approximate surface area is 109 Å². The molecule has 0 saturated carbocycles. The summed E-state index contributed by atoms with van der Waals surface area (Å²) in [7, 11) is 0. The van der Waals surface area contributed by atoms with Crippen LogP contribution in [0.3, 0.4) is 0 Å². The maximum Gasteiger partial charge on any atom is 0.226 e. The lowest BCUT2D eigenvalue weighted by molar-refractivity contribution is 0.261. The van der Waals surface area contributed by atoms with Crippen molar-refractivity contribution in [3.8, 4) is 5.75 Å². The Morgan fingerprint density at radius 2 is 2.24 bits per heavy atom. The summed E-state index contributed by atoms with van der Waals surface area (Å²) in [6.45, 7) is 3.35. The van der Waals surface area contributed by atoms with Crippen molar-refractivity contribution >= 4 is 29.0 Å². The highest BCUT2D eigenvalue weighted by molar-refractivity contribution is 6.33. The monoisotopic (exact) mass is 277 g/mol. The van der Waals surface area contributed by atoms with Crippen molar-refractivity contribution in [3.05, 3.63) is 10.4 Å². The third-order valence-corrected chi connectivity index (χ3v) is 3.13. The second-order valence-corrected chi connectivity index (χ2v) is 4.54. The van der Waals surface area contributed by atoms with E-state index in [0.29, 0.717) is 31.1 Å². The van der Waals surface area contributed by atoms with E-state index >= 15 is 0 Å². The first kappa shape index (κ1) is 12.7. The maximum absolute atomic E-state index is 8.98. The molecule has 1 aromatic heterocycles. The van der Waals surface area contributed by atoms with Crippen LogP contribution in [0.5, 0.6) is 5.75 Å². The van der Waals surface area contributed by atoms with Gasteiger partial charge in [0.25, 0.3) is 0 Å². The number of hydrogen-bond donors (Lipinski definition) is 1. The molecule has 17 heavy (non-hydrogen) atoms. The highest BCUT2D eigenvalue weighted by Gasteiger charge is 2.27. The van der Waals surface area contributed by atoms with Crippen molar-refractivity contribution < 1.29 is 9.84 Å². The molecule has 7 heteroatoms. The van der Waals surface area contributed by atoms with E-state index < -0.39 is 0 Å². The van der Waals surface area contributed by atoms with Crippen LogP contribution in [0.2, 0.25) is 10.4 Å². The number of nitrogens with zero attached hydrogens (tertiary/aromatic N) is 3. The molecule has 0 aromatic carbocycles. The number of anilines is 1. The molecule has 0 unspecified atom stereocenters.